The van der Waals surface area contributed by atoms with Gasteiger partial charge in [0.2, 0.25) is 5.95 Å². The van der Waals surface area contributed by atoms with E-state index in [2.05, 4.69) is 50.5 Å². The van der Waals surface area contributed by atoms with Gasteiger partial charge in [0.25, 0.3) is 5.56 Å². The van der Waals surface area contributed by atoms with E-state index >= 15 is 0 Å². The van der Waals surface area contributed by atoms with Crippen molar-refractivity contribution in [2.75, 3.05) is 36.8 Å². The maximum atomic E-state index is 14.0. The number of rotatable bonds is 8. The molecule has 3 aromatic heterocycles. The first kappa shape index (κ1) is 27.0. The van der Waals surface area contributed by atoms with Gasteiger partial charge in [-0.25, -0.2) is 4.98 Å². The molecule has 0 spiro atoms. The number of aryl methyl sites for hydroxylation is 1. The molecule has 0 bridgehead atoms. The Labute approximate surface area is 246 Å². The number of fused-ring (bicyclic) bond motifs is 1. The van der Waals surface area contributed by atoms with Crippen molar-refractivity contribution in [2.24, 2.45) is 5.92 Å². The summed E-state index contributed by atoms with van der Waals surface area (Å²) in [4.78, 5) is 28.4. The van der Waals surface area contributed by atoms with Gasteiger partial charge in [0.15, 0.2) is 0 Å². The highest BCUT2D eigenvalue weighted by Crippen LogP contribution is 2.32. The Morgan fingerprint density at radius 1 is 0.905 bits per heavy atom. The van der Waals surface area contributed by atoms with Crippen LogP contribution in [-0.4, -0.2) is 51.7 Å². The first-order valence-corrected chi connectivity index (χ1v) is 15.5. The monoisotopic (exact) mass is 564 g/mol. The molecule has 4 aromatic rings. The minimum absolute atomic E-state index is 0.00984. The van der Waals surface area contributed by atoms with Crippen LogP contribution in [0.4, 0.5) is 17.3 Å². The van der Waals surface area contributed by atoms with Gasteiger partial charge in [-0.05, 0) is 107 Å². The number of anilines is 3. The molecule has 0 amide bonds. The zero-order valence-corrected chi connectivity index (χ0v) is 24.3. The van der Waals surface area contributed by atoms with Gasteiger partial charge < -0.3 is 21.3 Å². The predicted octanol–water partition coefficient (Wildman–Crippen LogP) is 4.95. The first-order valence-electron chi connectivity index (χ1n) is 15.5. The number of hydrogen-bond acceptors (Lipinski definition) is 8. The second-order valence-electron chi connectivity index (χ2n) is 12.2. The van der Waals surface area contributed by atoms with E-state index in [0.717, 1.165) is 92.0 Å². The Bertz CT molecular complexity index is 1620. The molecule has 0 radical (unpaired) electrons. The highest BCUT2D eigenvalue weighted by molar-refractivity contribution is 5.82. The van der Waals surface area contributed by atoms with E-state index in [1.165, 1.54) is 6.42 Å². The lowest BCUT2D eigenvalue weighted by atomic mass is 9.94. The van der Waals surface area contributed by atoms with E-state index in [0.29, 0.717) is 41.6 Å². The van der Waals surface area contributed by atoms with Crippen LogP contribution in [0, 0.1) is 12.8 Å². The zero-order chi connectivity index (χ0) is 28.5. The first-order chi connectivity index (χ1) is 20.6. The summed E-state index contributed by atoms with van der Waals surface area (Å²) >= 11 is 0. The largest absolute Gasteiger partial charge is 0.382 e. The Morgan fingerprint density at radius 2 is 1.71 bits per heavy atom. The standard InChI is InChI=1S/C33H40N8O/c1-21-28(10-11-30(37-21)23-3-2-14-35-18-23)29-17-24-19-36-33(40-31(24)41(32(29)42)20-22-4-5-22)39-26-8-6-25(7-9-26)38-27-12-15-34-16-13-27/h6-11,17,19,22-23,27,34-35,38H,2-5,12-16,18,20H2,1H3,(H,36,39,40). The topological polar surface area (TPSA) is 109 Å². The van der Waals surface area contributed by atoms with Crippen molar-refractivity contribution < 1.29 is 0 Å². The molecule has 7 rings (SSSR count). The third-order valence-corrected chi connectivity index (χ3v) is 8.93. The van der Waals surface area contributed by atoms with E-state index in [1.54, 1.807) is 0 Å². The summed E-state index contributed by atoms with van der Waals surface area (Å²) in [5, 5.41) is 14.7. The number of pyridine rings is 2. The SMILES string of the molecule is Cc1nc(C2CCCNC2)ccc1-c1cc2cnc(Nc3ccc(NC4CCNCC4)cc3)nc2n(CC2CC2)c1=O. The molecule has 1 unspecified atom stereocenters. The number of nitrogens with zero attached hydrogens (tertiary/aromatic N) is 4. The molecule has 2 saturated heterocycles. The molecule has 9 heteroatoms. The summed E-state index contributed by atoms with van der Waals surface area (Å²) in [5.74, 6) is 1.44. The van der Waals surface area contributed by atoms with Crippen molar-refractivity contribution in [3.05, 3.63) is 70.4 Å². The molecule has 218 valence electrons. The summed E-state index contributed by atoms with van der Waals surface area (Å²) in [6.07, 6.45) is 8.71. The molecule has 9 nitrogen and oxygen atoms in total. The Kier molecular flexibility index (Phi) is 7.61. The second-order valence-corrected chi connectivity index (χ2v) is 12.2. The molecule has 3 aliphatic rings. The molecular weight excluding hydrogens is 524 g/mol. The van der Waals surface area contributed by atoms with Gasteiger partial charge in [0.05, 0.1) is 0 Å². The lowest BCUT2D eigenvalue weighted by Crippen LogP contribution is -2.35. The summed E-state index contributed by atoms with van der Waals surface area (Å²) in [5.41, 5.74) is 6.25. The Balaban J connectivity index is 1.16. The molecule has 2 aliphatic heterocycles. The highest BCUT2D eigenvalue weighted by Gasteiger charge is 2.25. The predicted molar refractivity (Wildman–Crippen MR) is 169 cm³/mol. The van der Waals surface area contributed by atoms with E-state index < -0.39 is 0 Å². The van der Waals surface area contributed by atoms with Crippen LogP contribution in [0.3, 0.4) is 0 Å². The van der Waals surface area contributed by atoms with Crippen LogP contribution in [0.2, 0.25) is 0 Å². The molecule has 1 aromatic carbocycles. The molecular formula is C33H40N8O. The van der Waals surface area contributed by atoms with Crippen LogP contribution in [0.1, 0.15) is 55.8 Å². The minimum atomic E-state index is -0.00984. The third kappa shape index (κ3) is 5.89. The number of aromatic nitrogens is 4. The second kappa shape index (κ2) is 11.8. The van der Waals surface area contributed by atoms with E-state index in [9.17, 15) is 4.79 Å². The van der Waals surface area contributed by atoms with Crippen molar-refractivity contribution >= 4 is 28.4 Å². The number of nitrogens with one attached hydrogen (secondary N) is 4. The molecule has 5 heterocycles. The molecule has 1 atom stereocenters. The number of piperidine rings is 2. The summed E-state index contributed by atoms with van der Waals surface area (Å²) in [6, 6.07) is 14.9. The van der Waals surface area contributed by atoms with Crippen molar-refractivity contribution in [1.29, 1.82) is 0 Å². The van der Waals surface area contributed by atoms with Gasteiger partial charge >= 0.3 is 0 Å². The van der Waals surface area contributed by atoms with Crippen LogP contribution >= 0.6 is 0 Å². The quantitative estimate of drug-likeness (QED) is 0.238. The zero-order valence-electron chi connectivity index (χ0n) is 24.3. The maximum absolute atomic E-state index is 14.0. The van der Waals surface area contributed by atoms with E-state index in [4.69, 9.17) is 9.97 Å². The number of hydrogen-bond donors (Lipinski definition) is 4. The van der Waals surface area contributed by atoms with Gasteiger partial charge in [-0.2, -0.15) is 4.98 Å². The molecule has 4 N–H and O–H groups in total. The van der Waals surface area contributed by atoms with Crippen molar-refractivity contribution in [3.63, 3.8) is 0 Å². The fourth-order valence-corrected chi connectivity index (χ4v) is 6.32. The van der Waals surface area contributed by atoms with Crippen molar-refractivity contribution in [3.8, 4) is 11.1 Å². The molecule has 3 fully saturated rings. The fourth-order valence-electron chi connectivity index (χ4n) is 6.32. The highest BCUT2D eigenvalue weighted by atomic mass is 16.1. The summed E-state index contributed by atoms with van der Waals surface area (Å²) < 4.78 is 1.86. The van der Waals surface area contributed by atoms with E-state index in [1.807, 2.05) is 35.9 Å². The van der Waals surface area contributed by atoms with Gasteiger partial charge in [0, 0.05) is 70.5 Å². The van der Waals surface area contributed by atoms with Gasteiger partial charge in [-0.15, -0.1) is 0 Å². The fraction of sp³-hybridized carbons (Fsp3) is 0.455. The average Bonchev–Trinajstić information content (AvgIpc) is 3.85. The number of benzene rings is 1. The van der Waals surface area contributed by atoms with Gasteiger partial charge in [-0.1, -0.05) is 6.07 Å². The Morgan fingerprint density at radius 3 is 2.45 bits per heavy atom. The van der Waals surface area contributed by atoms with Gasteiger partial charge in [-0.3, -0.25) is 14.3 Å². The summed E-state index contributed by atoms with van der Waals surface area (Å²) in [6.45, 7) is 6.85. The maximum Gasteiger partial charge on any atom is 0.260 e. The van der Waals surface area contributed by atoms with Crippen LogP contribution < -0.4 is 26.8 Å². The summed E-state index contributed by atoms with van der Waals surface area (Å²) in [7, 11) is 0. The van der Waals surface area contributed by atoms with Crippen LogP contribution in [0.25, 0.3) is 22.2 Å². The Hall–Kier alpha value is -3.82. The molecule has 1 saturated carbocycles. The van der Waals surface area contributed by atoms with Gasteiger partial charge in [0.1, 0.15) is 5.65 Å². The van der Waals surface area contributed by atoms with E-state index in [-0.39, 0.29) is 5.56 Å². The third-order valence-electron chi connectivity index (χ3n) is 8.93. The lowest BCUT2D eigenvalue weighted by Gasteiger charge is -2.24. The smallest absolute Gasteiger partial charge is 0.260 e. The van der Waals surface area contributed by atoms with Crippen molar-refractivity contribution in [2.45, 2.75) is 64.0 Å². The minimum Gasteiger partial charge on any atom is -0.382 e. The molecule has 1 aliphatic carbocycles. The van der Waals surface area contributed by atoms with Crippen LogP contribution in [-0.2, 0) is 6.54 Å². The molecule has 42 heavy (non-hydrogen) atoms. The normalized spacial score (nSPS) is 19.6. The van der Waals surface area contributed by atoms with Crippen molar-refractivity contribution in [1.82, 2.24) is 30.2 Å². The average molecular weight is 565 g/mol. The van der Waals surface area contributed by atoms with Crippen LogP contribution in [0.15, 0.2) is 53.5 Å². The lowest BCUT2D eigenvalue weighted by molar-refractivity contribution is 0.454. The van der Waals surface area contributed by atoms with Crippen LogP contribution in [0.5, 0.6) is 0 Å².